The lowest BCUT2D eigenvalue weighted by molar-refractivity contribution is 0.395. The van der Waals surface area contributed by atoms with Crippen molar-refractivity contribution < 1.29 is 9.47 Å². The van der Waals surface area contributed by atoms with Gasteiger partial charge < -0.3 is 9.47 Å². The van der Waals surface area contributed by atoms with E-state index in [1.165, 1.54) is 5.56 Å². The average molecular weight is 388 g/mol. The largest absolute Gasteiger partial charge is 0.480 e. The average Bonchev–Trinajstić information content (AvgIpc) is 2.81. The van der Waals surface area contributed by atoms with Crippen molar-refractivity contribution in [2.75, 3.05) is 14.2 Å². The maximum atomic E-state index is 5.13. The molecule has 0 aliphatic carbocycles. The van der Waals surface area contributed by atoms with Crippen LogP contribution in [0.5, 0.6) is 11.8 Å². The molecule has 0 spiro atoms. The first-order chi connectivity index (χ1) is 14.2. The lowest BCUT2D eigenvalue weighted by atomic mass is 10.1. The lowest BCUT2D eigenvalue weighted by Crippen LogP contribution is -1.93. The van der Waals surface area contributed by atoms with Gasteiger partial charge in [0.05, 0.1) is 20.4 Å². The van der Waals surface area contributed by atoms with Gasteiger partial charge in [-0.25, -0.2) is 15.0 Å². The molecule has 29 heavy (non-hydrogen) atoms. The Labute approximate surface area is 171 Å². The van der Waals surface area contributed by atoms with Crippen molar-refractivity contribution in [2.45, 2.75) is 6.92 Å². The lowest BCUT2D eigenvalue weighted by Gasteiger charge is -2.04. The first-order valence-electron chi connectivity index (χ1n) is 8.96. The molecule has 2 aromatic carbocycles. The Morgan fingerprint density at radius 1 is 0.655 bits per heavy atom. The van der Waals surface area contributed by atoms with Crippen LogP contribution in [-0.4, -0.2) is 34.2 Å². The first kappa shape index (κ1) is 21.5. The Morgan fingerprint density at radius 2 is 1.28 bits per heavy atom. The van der Waals surface area contributed by atoms with Gasteiger partial charge in [0.2, 0.25) is 11.8 Å². The van der Waals surface area contributed by atoms with Gasteiger partial charge in [0.15, 0.2) is 0 Å². The van der Waals surface area contributed by atoms with E-state index in [9.17, 15) is 0 Å². The molecule has 2 aromatic heterocycles. The second-order valence-electron chi connectivity index (χ2n) is 5.68. The van der Waals surface area contributed by atoms with Crippen LogP contribution in [0.3, 0.4) is 0 Å². The molecule has 6 heteroatoms. The quantitative estimate of drug-likeness (QED) is 0.509. The smallest absolute Gasteiger partial charge is 0.240 e. The van der Waals surface area contributed by atoms with Crippen molar-refractivity contribution in [2.24, 2.45) is 0 Å². The highest BCUT2D eigenvalue weighted by atomic mass is 16.5. The van der Waals surface area contributed by atoms with Crippen LogP contribution in [0.15, 0.2) is 91.6 Å². The molecule has 0 N–H and O–H groups in total. The molecule has 0 atom stereocenters. The predicted molar refractivity (Wildman–Crippen MR) is 114 cm³/mol. The van der Waals surface area contributed by atoms with Crippen molar-refractivity contribution >= 4 is 0 Å². The first-order valence-corrected chi connectivity index (χ1v) is 8.96. The van der Waals surface area contributed by atoms with E-state index in [2.05, 4.69) is 39.0 Å². The Hall–Kier alpha value is -3.80. The van der Waals surface area contributed by atoms with E-state index in [1.54, 1.807) is 45.2 Å². The summed E-state index contributed by atoms with van der Waals surface area (Å²) < 4.78 is 9.87. The van der Waals surface area contributed by atoms with Crippen LogP contribution in [0, 0.1) is 6.92 Å². The molecule has 0 aliphatic heterocycles. The Kier molecular flexibility index (Phi) is 9.31. The van der Waals surface area contributed by atoms with Crippen molar-refractivity contribution in [3.8, 4) is 23.0 Å². The summed E-state index contributed by atoms with van der Waals surface area (Å²) in [5.41, 5.74) is 3.11. The standard InChI is InChI=1S/C11H10N2O.C7H8.C5H6N2O/c1-14-11-10(12-7-8-13-11)9-5-3-2-4-6-9;1-7-5-3-2-4-6-7;1-8-5-4-6-2-3-7-5/h2-8H,1H3;2-6H,1H3;2-4H,1H3. The molecule has 0 aliphatic rings. The Balaban J connectivity index is 0.000000170. The van der Waals surface area contributed by atoms with Gasteiger partial charge in [-0.2, -0.15) is 0 Å². The molecule has 0 unspecified atom stereocenters. The van der Waals surface area contributed by atoms with Gasteiger partial charge in [0.1, 0.15) is 5.69 Å². The summed E-state index contributed by atoms with van der Waals surface area (Å²) >= 11 is 0. The van der Waals surface area contributed by atoms with E-state index < -0.39 is 0 Å². The number of aromatic nitrogens is 4. The van der Waals surface area contributed by atoms with E-state index in [-0.39, 0.29) is 0 Å². The van der Waals surface area contributed by atoms with Gasteiger partial charge >= 0.3 is 0 Å². The number of ether oxygens (including phenoxy) is 2. The predicted octanol–water partition coefficient (Wildman–Crippen LogP) is 4.63. The van der Waals surface area contributed by atoms with E-state index in [0.717, 1.165) is 11.3 Å². The van der Waals surface area contributed by atoms with Crippen LogP contribution >= 0.6 is 0 Å². The van der Waals surface area contributed by atoms with Crippen LogP contribution in [0.1, 0.15) is 5.56 Å². The third-order valence-electron chi connectivity index (χ3n) is 3.59. The number of hydrogen-bond donors (Lipinski definition) is 0. The molecule has 0 amide bonds. The summed E-state index contributed by atoms with van der Waals surface area (Å²) in [6, 6.07) is 20.1. The van der Waals surface area contributed by atoms with Crippen molar-refractivity contribution in [3.63, 3.8) is 0 Å². The molecule has 0 saturated carbocycles. The summed E-state index contributed by atoms with van der Waals surface area (Å²) in [4.78, 5) is 15.9. The number of benzene rings is 2. The summed E-state index contributed by atoms with van der Waals surface area (Å²) in [5, 5.41) is 0. The number of methoxy groups -OCH3 is 2. The molecule has 4 aromatic rings. The monoisotopic (exact) mass is 388 g/mol. The fraction of sp³-hybridized carbons (Fsp3) is 0.130. The van der Waals surface area contributed by atoms with Crippen LogP contribution in [0.4, 0.5) is 0 Å². The molecule has 0 bridgehead atoms. The van der Waals surface area contributed by atoms with Crippen molar-refractivity contribution in [1.29, 1.82) is 0 Å². The maximum Gasteiger partial charge on any atom is 0.240 e. The SMILES string of the molecule is COc1cnccn1.COc1nccnc1-c1ccccc1.Cc1ccccc1. The van der Waals surface area contributed by atoms with Crippen LogP contribution in [0.25, 0.3) is 11.3 Å². The molecular weight excluding hydrogens is 364 g/mol. The molecule has 0 radical (unpaired) electrons. The van der Waals surface area contributed by atoms with Gasteiger partial charge in [-0.15, -0.1) is 0 Å². The van der Waals surface area contributed by atoms with Gasteiger partial charge in [0, 0.05) is 30.4 Å². The highest BCUT2D eigenvalue weighted by molar-refractivity contribution is 5.63. The molecule has 2 heterocycles. The molecule has 0 saturated heterocycles. The zero-order valence-electron chi connectivity index (χ0n) is 16.8. The zero-order valence-corrected chi connectivity index (χ0v) is 16.8. The summed E-state index contributed by atoms with van der Waals surface area (Å²) in [5.74, 6) is 1.10. The van der Waals surface area contributed by atoms with Crippen LogP contribution in [0.2, 0.25) is 0 Å². The van der Waals surface area contributed by atoms with Gasteiger partial charge in [-0.05, 0) is 6.92 Å². The molecule has 6 nitrogen and oxygen atoms in total. The third-order valence-corrected chi connectivity index (χ3v) is 3.59. The fourth-order valence-corrected chi connectivity index (χ4v) is 2.19. The summed E-state index contributed by atoms with van der Waals surface area (Å²) in [6.07, 6.45) is 8.01. The molecule has 0 fully saturated rings. The highest BCUT2D eigenvalue weighted by Gasteiger charge is 2.06. The highest BCUT2D eigenvalue weighted by Crippen LogP contribution is 2.23. The van der Waals surface area contributed by atoms with Gasteiger partial charge in [-0.1, -0.05) is 66.2 Å². The van der Waals surface area contributed by atoms with Crippen molar-refractivity contribution in [1.82, 2.24) is 19.9 Å². The number of rotatable bonds is 3. The zero-order chi connectivity index (χ0) is 20.7. The van der Waals surface area contributed by atoms with Crippen LogP contribution < -0.4 is 9.47 Å². The Morgan fingerprint density at radius 3 is 1.76 bits per heavy atom. The summed E-state index contributed by atoms with van der Waals surface area (Å²) in [6.45, 7) is 2.08. The number of hydrogen-bond acceptors (Lipinski definition) is 6. The minimum Gasteiger partial charge on any atom is -0.480 e. The molecular formula is C23H24N4O2. The molecule has 148 valence electrons. The minimum absolute atomic E-state index is 0.549. The summed E-state index contributed by atoms with van der Waals surface area (Å²) in [7, 11) is 3.15. The van der Waals surface area contributed by atoms with E-state index in [4.69, 9.17) is 9.47 Å². The second-order valence-corrected chi connectivity index (χ2v) is 5.68. The van der Waals surface area contributed by atoms with Crippen LogP contribution in [-0.2, 0) is 0 Å². The van der Waals surface area contributed by atoms with Crippen molar-refractivity contribution in [3.05, 3.63) is 97.2 Å². The minimum atomic E-state index is 0.549. The van der Waals surface area contributed by atoms with Gasteiger partial charge in [0.25, 0.3) is 0 Å². The van der Waals surface area contributed by atoms with E-state index in [1.807, 2.05) is 48.5 Å². The fourth-order valence-electron chi connectivity index (χ4n) is 2.19. The second kappa shape index (κ2) is 12.6. The van der Waals surface area contributed by atoms with E-state index in [0.29, 0.717) is 11.8 Å². The van der Waals surface area contributed by atoms with E-state index >= 15 is 0 Å². The Bertz CT molecular complexity index is 936. The third kappa shape index (κ3) is 7.76. The number of aryl methyl sites for hydroxylation is 1. The van der Waals surface area contributed by atoms with Gasteiger partial charge in [-0.3, -0.25) is 4.98 Å². The maximum absolute atomic E-state index is 5.13. The normalized spacial score (nSPS) is 9.21. The number of nitrogens with zero attached hydrogens (tertiary/aromatic N) is 4. The topological polar surface area (TPSA) is 70.0 Å². The molecule has 4 rings (SSSR count).